The maximum absolute atomic E-state index is 12.0. The predicted octanol–water partition coefficient (Wildman–Crippen LogP) is 3.10. The van der Waals surface area contributed by atoms with Crippen molar-refractivity contribution in [1.82, 2.24) is 9.78 Å². The summed E-state index contributed by atoms with van der Waals surface area (Å²) in [6, 6.07) is 0. The molecule has 0 saturated heterocycles. The van der Waals surface area contributed by atoms with Crippen molar-refractivity contribution < 1.29 is 9.53 Å². The Labute approximate surface area is 116 Å². The number of fused-ring (bicyclic) bond motifs is 1. The lowest BCUT2D eigenvalue weighted by Crippen LogP contribution is -2.15. The molecule has 6 heteroatoms. The summed E-state index contributed by atoms with van der Waals surface area (Å²) in [5.41, 5.74) is 1.06. The number of carbonyl (C=O) groups excluding carboxylic acids is 1. The van der Waals surface area contributed by atoms with E-state index in [2.05, 4.69) is 27.5 Å². The van der Waals surface area contributed by atoms with Gasteiger partial charge in [-0.1, -0.05) is 24.3 Å². The molecule has 0 spiro atoms. The zero-order valence-corrected chi connectivity index (χ0v) is 11.5. The molecule has 0 saturated carbocycles. The van der Waals surface area contributed by atoms with Gasteiger partial charge in [0.2, 0.25) is 0 Å². The topological polar surface area (TPSA) is 68.8 Å². The summed E-state index contributed by atoms with van der Waals surface area (Å²) in [7, 11) is 0. The van der Waals surface area contributed by atoms with E-state index in [4.69, 9.17) is 4.74 Å². The third-order valence-corrected chi connectivity index (χ3v) is 3.46. The van der Waals surface area contributed by atoms with Gasteiger partial charge in [-0.05, 0) is 20.3 Å². The van der Waals surface area contributed by atoms with Crippen LogP contribution < -0.4 is 0 Å². The smallest absolute Gasteiger partial charge is 0.343 e. The second kappa shape index (κ2) is 5.03. The molecule has 0 radical (unpaired) electrons. The molecule has 1 aromatic rings. The summed E-state index contributed by atoms with van der Waals surface area (Å²) >= 11 is 0. The van der Waals surface area contributed by atoms with Crippen molar-refractivity contribution in [3.8, 4) is 0 Å². The summed E-state index contributed by atoms with van der Waals surface area (Å²) in [6.07, 6.45) is 8.94. The normalized spacial score (nSPS) is 23.1. The highest BCUT2D eigenvalue weighted by molar-refractivity contribution is 5.95. The van der Waals surface area contributed by atoms with Crippen molar-refractivity contribution in [2.24, 2.45) is 16.1 Å². The first kappa shape index (κ1) is 12.8. The molecule has 104 valence electrons. The van der Waals surface area contributed by atoms with Crippen molar-refractivity contribution in [2.75, 3.05) is 6.61 Å². The van der Waals surface area contributed by atoms with Crippen molar-refractivity contribution in [3.63, 3.8) is 0 Å². The summed E-state index contributed by atoms with van der Waals surface area (Å²) in [4.78, 5) is 12.0. The third kappa shape index (κ3) is 1.97. The van der Waals surface area contributed by atoms with E-state index >= 15 is 0 Å². The molecule has 1 aliphatic carbocycles. The molecule has 0 aromatic carbocycles. The van der Waals surface area contributed by atoms with E-state index in [1.165, 1.54) is 0 Å². The van der Waals surface area contributed by atoms with E-state index in [1.807, 2.05) is 12.2 Å². The van der Waals surface area contributed by atoms with Gasteiger partial charge in [-0.2, -0.15) is 10.2 Å². The van der Waals surface area contributed by atoms with E-state index < -0.39 is 0 Å². The highest BCUT2D eigenvalue weighted by atomic mass is 16.5. The fourth-order valence-corrected chi connectivity index (χ4v) is 2.51. The molecule has 1 aliphatic heterocycles. The van der Waals surface area contributed by atoms with Crippen LogP contribution in [-0.2, 0) is 4.74 Å². The molecule has 6 nitrogen and oxygen atoms in total. The number of rotatable bonds is 3. The number of esters is 1. The Morgan fingerprint density at radius 2 is 2.35 bits per heavy atom. The second-order valence-electron chi connectivity index (χ2n) is 4.79. The molecular formula is C14H16N4O2. The van der Waals surface area contributed by atoms with Gasteiger partial charge in [0.25, 0.3) is 0 Å². The van der Waals surface area contributed by atoms with E-state index in [9.17, 15) is 4.79 Å². The standard InChI is InChI=1S/C14H16N4O2/c1-3-20-14(19)11-9(2)17-18-12(15-16-13(11)18)10-7-5-4-6-8-10/h4-7,10,12H,3,8H2,1-2H3. The molecule has 0 fully saturated rings. The van der Waals surface area contributed by atoms with Crippen LogP contribution in [0.2, 0.25) is 0 Å². The zero-order valence-electron chi connectivity index (χ0n) is 11.5. The molecule has 0 amide bonds. The number of aryl methyl sites for hydroxylation is 1. The first-order chi connectivity index (χ1) is 9.72. The van der Waals surface area contributed by atoms with Crippen LogP contribution in [-0.4, -0.2) is 22.4 Å². The van der Waals surface area contributed by atoms with Gasteiger partial charge in [-0.15, -0.1) is 5.11 Å². The average Bonchev–Trinajstić information content (AvgIpc) is 2.97. The van der Waals surface area contributed by atoms with E-state index in [0.717, 1.165) is 6.42 Å². The van der Waals surface area contributed by atoms with Crippen LogP contribution in [0.3, 0.4) is 0 Å². The summed E-state index contributed by atoms with van der Waals surface area (Å²) in [5.74, 6) is 0.346. The molecular weight excluding hydrogens is 256 g/mol. The molecule has 2 heterocycles. The van der Waals surface area contributed by atoms with E-state index in [0.29, 0.717) is 23.7 Å². The monoisotopic (exact) mass is 272 g/mol. The predicted molar refractivity (Wildman–Crippen MR) is 72.9 cm³/mol. The Morgan fingerprint density at radius 3 is 3.05 bits per heavy atom. The number of aromatic nitrogens is 2. The molecule has 2 aliphatic rings. The van der Waals surface area contributed by atoms with E-state index in [-0.39, 0.29) is 18.1 Å². The van der Waals surface area contributed by atoms with Gasteiger partial charge in [0.1, 0.15) is 5.56 Å². The van der Waals surface area contributed by atoms with Gasteiger partial charge >= 0.3 is 5.97 Å². The number of nitrogens with zero attached hydrogens (tertiary/aromatic N) is 4. The van der Waals surface area contributed by atoms with Crippen LogP contribution in [0, 0.1) is 12.8 Å². The van der Waals surface area contributed by atoms with Crippen LogP contribution in [0.15, 0.2) is 34.5 Å². The highest BCUT2D eigenvalue weighted by Gasteiger charge is 2.33. The number of ether oxygens (including phenoxy) is 1. The molecule has 1 aromatic heterocycles. The maximum Gasteiger partial charge on any atom is 0.343 e. The highest BCUT2D eigenvalue weighted by Crippen LogP contribution is 2.39. The molecule has 3 rings (SSSR count). The Hall–Kier alpha value is -2.24. The van der Waals surface area contributed by atoms with Crippen molar-refractivity contribution in [1.29, 1.82) is 0 Å². The molecule has 2 atom stereocenters. The van der Waals surface area contributed by atoms with Gasteiger partial charge in [-0.25, -0.2) is 9.48 Å². The number of hydrogen-bond acceptors (Lipinski definition) is 5. The molecule has 0 bridgehead atoms. The maximum atomic E-state index is 12.0. The Morgan fingerprint density at radius 1 is 1.50 bits per heavy atom. The minimum absolute atomic E-state index is 0.173. The van der Waals surface area contributed by atoms with Crippen LogP contribution in [0.1, 0.15) is 35.6 Å². The number of azo groups is 1. The lowest BCUT2D eigenvalue weighted by Gasteiger charge is -2.17. The first-order valence-corrected chi connectivity index (χ1v) is 6.72. The average molecular weight is 272 g/mol. The fourth-order valence-electron chi connectivity index (χ4n) is 2.51. The van der Waals surface area contributed by atoms with E-state index in [1.54, 1.807) is 18.5 Å². The number of hydrogen-bond donors (Lipinski definition) is 0. The second-order valence-corrected chi connectivity index (χ2v) is 4.79. The van der Waals surface area contributed by atoms with Crippen LogP contribution in [0.25, 0.3) is 0 Å². The summed E-state index contributed by atoms with van der Waals surface area (Å²) in [5, 5.41) is 12.8. The molecule has 2 unspecified atom stereocenters. The SMILES string of the molecule is CCOC(=O)c1c(C)nn2c1N=NC2C1C=CC=CC1. The molecule has 0 N–H and O–H groups in total. The first-order valence-electron chi connectivity index (χ1n) is 6.72. The lowest BCUT2D eigenvalue weighted by atomic mass is 9.98. The summed E-state index contributed by atoms with van der Waals surface area (Å²) < 4.78 is 6.79. The fraction of sp³-hybridized carbons (Fsp3) is 0.429. The minimum Gasteiger partial charge on any atom is -0.462 e. The van der Waals surface area contributed by atoms with Crippen molar-refractivity contribution in [2.45, 2.75) is 26.4 Å². The van der Waals surface area contributed by atoms with Crippen LogP contribution in [0.4, 0.5) is 5.82 Å². The minimum atomic E-state index is -0.384. The summed E-state index contributed by atoms with van der Waals surface area (Å²) in [6.45, 7) is 3.90. The molecule has 20 heavy (non-hydrogen) atoms. The number of carbonyl (C=O) groups is 1. The Kier molecular flexibility index (Phi) is 3.22. The van der Waals surface area contributed by atoms with Crippen molar-refractivity contribution in [3.05, 3.63) is 35.6 Å². The van der Waals surface area contributed by atoms with Gasteiger partial charge in [-0.3, -0.25) is 0 Å². The third-order valence-electron chi connectivity index (χ3n) is 3.46. The van der Waals surface area contributed by atoms with Gasteiger partial charge in [0.15, 0.2) is 12.0 Å². The largest absolute Gasteiger partial charge is 0.462 e. The van der Waals surface area contributed by atoms with Gasteiger partial charge < -0.3 is 4.74 Å². The number of allylic oxidation sites excluding steroid dienone is 3. The lowest BCUT2D eigenvalue weighted by molar-refractivity contribution is 0.0526. The van der Waals surface area contributed by atoms with Gasteiger partial charge in [0, 0.05) is 5.92 Å². The Bertz CT molecular complexity index is 627. The van der Waals surface area contributed by atoms with Crippen LogP contribution in [0.5, 0.6) is 0 Å². The Balaban J connectivity index is 1.94. The van der Waals surface area contributed by atoms with Crippen LogP contribution >= 0.6 is 0 Å². The quantitative estimate of drug-likeness (QED) is 0.794. The van der Waals surface area contributed by atoms with Crippen molar-refractivity contribution >= 4 is 11.8 Å². The van der Waals surface area contributed by atoms with Gasteiger partial charge in [0.05, 0.1) is 12.3 Å². The zero-order chi connectivity index (χ0) is 14.1.